The number of H-pyrrole nitrogens is 1. The molecular formula is C22H31N3O3. The van der Waals surface area contributed by atoms with Gasteiger partial charge in [-0.3, -0.25) is 4.79 Å². The second kappa shape index (κ2) is 9.24. The molecule has 0 radical (unpaired) electrons. The van der Waals surface area contributed by atoms with Gasteiger partial charge in [0, 0.05) is 25.3 Å². The fraction of sp³-hybridized carbons (Fsp3) is 0.545. The number of hydrogen-bond acceptors (Lipinski definition) is 3. The number of aromatic nitrogens is 1. The molecule has 1 aliphatic carbocycles. The number of methoxy groups -OCH3 is 1. The molecule has 2 N–H and O–H groups in total. The molecule has 1 aromatic heterocycles. The number of carbonyl (C=O) groups is 1. The maximum atomic E-state index is 12.9. The molecule has 28 heavy (non-hydrogen) atoms. The minimum atomic E-state index is -0.146. The number of ether oxygens (including phenoxy) is 1. The average molecular weight is 386 g/mol. The molecule has 0 atom stereocenters. The van der Waals surface area contributed by atoms with Crippen molar-refractivity contribution in [3.63, 3.8) is 0 Å². The van der Waals surface area contributed by atoms with Crippen LogP contribution in [0, 0.1) is 13.8 Å². The zero-order chi connectivity index (χ0) is 20.1. The number of rotatable bonds is 6. The summed E-state index contributed by atoms with van der Waals surface area (Å²) >= 11 is 0. The topological polar surface area (TPSA) is 74.4 Å². The highest BCUT2D eigenvalue weighted by Crippen LogP contribution is 2.20. The number of hydrogen-bond donors (Lipinski definition) is 2. The Kier molecular flexibility index (Phi) is 6.73. The van der Waals surface area contributed by atoms with Crippen LogP contribution in [-0.2, 0) is 11.3 Å². The molecule has 1 aliphatic rings. The summed E-state index contributed by atoms with van der Waals surface area (Å²) in [5.41, 5.74) is 3.49. The third kappa shape index (κ3) is 4.93. The van der Waals surface area contributed by atoms with E-state index in [9.17, 15) is 9.59 Å². The Bertz CT molecular complexity index is 884. The Morgan fingerprint density at radius 2 is 1.96 bits per heavy atom. The van der Waals surface area contributed by atoms with Gasteiger partial charge in [-0.1, -0.05) is 30.9 Å². The van der Waals surface area contributed by atoms with E-state index in [1.807, 2.05) is 19.9 Å². The molecule has 0 spiro atoms. The maximum Gasteiger partial charge on any atom is 0.317 e. The fourth-order valence-electron chi connectivity index (χ4n) is 4.02. The number of urea groups is 1. The molecule has 2 aromatic rings. The Hall–Kier alpha value is -2.34. The minimum absolute atomic E-state index is 0.121. The van der Waals surface area contributed by atoms with Gasteiger partial charge in [-0.15, -0.1) is 0 Å². The van der Waals surface area contributed by atoms with Gasteiger partial charge in [0.1, 0.15) is 0 Å². The zero-order valence-electron chi connectivity index (χ0n) is 17.1. The van der Waals surface area contributed by atoms with Crippen LogP contribution in [-0.4, -0.2) is 42.2 Å². The van der Waals surface area contributed by atoms with Gasteiger partial charge in [-0.05, 0) is 49.8 Å². The fourth-order valence-corrected chi connectivity index (χ4v) is 4.02. The van der Waals surface area contributed by atoms with E-state index in [1.165, 1.54) is 6.42 Å². The van der Waals surface area contributed by atoms with Crippen LogP contribution in [0.1, 0.15) is 48.8 Å². The van der Waals surface area contributed by atoms with Crippen LogP contribution in [0.3, 0.4) is 0 Å². The number of amides is 2. The van der Waals surface area contributed by atoms with Crippen molar-refractivity contribution in [2.45, 2.75) is 58.5 Å². The monoisotopic (exact) mass is 385 g/mol. The normalized spacial score (nSPS) is 15.0. The summed E-state index contributed by atoms with van der Waals surface area (Å²) in [6, 6.07) is 6.13. The highest BCUT2D eigenvalue weighted by atomic mass is 16.5. The lowest BCUT2D eigenvalue weighted by Crippen LogP contribution is -2.46. The van der Waals surface area contributed by atoms with Gasteiger partial charge in [-0.25, -0.2) is 4.79 Å². The minimum Gasteiger partial charge on any atom is -0.383 e. The molecule has 1 heterocycles. The average Bonchev–Trinajstić information content (AvgIpc) is 2.66. The maximum absolute atomic E-state index is 12.9. The Labute approximate surface area is 166 Å². The largest absolute Gasteiger partial charge is 0.383 e. The second-order valence-electron chi connectivity index (χ2n) is 7.87. The molecule has 2 amide bonds. The van der Waals surface area contributed by atoms with Gasteiger partial charge >= 0.3 is 6.03 Å². The first-order valence-corrected chi connectivity index (χ1v) is 10.2. The first kappa shape index (κ1) is 20.4. The van der Waals surface area contributed by atoms with Crippen LogP contribution in [0.15, 0.2) is 23.0 Å². The van der Waals surface area contributed by atoms with Crippen molar-refractivity contribution in [3.8, 4) is 0 Å². The molecule has 0 unspecified atom stereocenters. The van der Waals surface area contributed by atoms with Crippen molar-refractivity contribution in [2.75, 3.05) is 20.3 Å². The van der Waals surface area contributed by atoms with E-state index in [0.717, 1.165) is 47.7 Å². The van der Waals surface area contributed by atoms with Gasteiger partial charge in [-0.2, -0.15) is 0 Å². The van der Waals surface area contributed by atoms with E-state index >= 15 is 0 Å². The van der Waals surface area contributed by atoms with E-state index in [0.29, 0.717) is 18.7 Å². The molecule has 6 heteroatoms. The number of pyridine rings is 1. The molecule has 6 nitrogen and oxygen atoms in total. The Morgan fingerprint density at radius 1 is 1.21 bits per heavy atom. The van der Waals surface area contributed by atoms with E-state index in [2.05, 4.69) is 22.4 Å². The van der Waals surface area contributed by atoms with Crippen LogP contribution < -0.4 is 10.9 Å². The molecule has 1 saturated carbocycles. The molecular weight excluding hydrogens is 354 g/mol. The van der Waals surface area contributed by atoms with Crippen LogP contribution >= 0.6 is 0 Å². The molecule has 1 aromatic carbocycles. The van der Waals surface area contributed by atoms with Crippen molar-refractivity contribution in [2.24, 2.45) is 0 Å². The summed E-state index contributed by atoms with van der Waals surface area (Å²) < 4.78 is 5.17. The van der Waals surface area contributed by atoms with Gasteiger partial charge in [0.25, 0.3) is 5.56 Å². The summed E-state index contributed by atoms with van der Waals surface area (Å²) in [4.78, 5) is 30.2. The number of benzene rings is 1. The predicted molar refractivity (Wildman–Crippen MR) is 112 cm³/mol. The van der Waals surface area contributed by atoms with Crippen molar-refractivity contribution in [1.82, 2.24) is 15.2 Å². The summed E-state index contributed by atoms with van der Waals surface area (Å²) in [7, 11) is 1.62. The van der Waals surface area contributed by atoms with Crippen molar-refractivity contribution < 1.29 is 9.53 Å². The standard InChI is InChI=1S/C22H31N3O3/c1-15-11-16(2)20-17(12-15)13-18(21(26)24-20)14-25(9-10-28-3)22(27)23-19-7-5-4-6-8-19/h11-13,19H,4-10,14H2,1-3H3,(H,23,27)(H,24,26). The quantitative estimate of drug-likeness (QED) is 0.797. The first-order valence-electron chi connectivity index (χ1n) is 10.2. The number of nitrogens with zero attached hydrogens (tertiary/aromatic N) is 1. The van der Waals surface area contributed by atoms with Gasteiger partial charge in [0.15, 0.2) is 0 Å². The van der Waals surface area contributed by atoms with Crippen LogP contribution in [0.4, 0.5) is 4.79 Å². The predicted octanol–water partition coefficient (Wildman–Crippen LogP) is 3.64. The number of nitrogens with one attached hydrogen (secondary N) is 2. The number of fused-ring (bicyclic) bond motifs is 1. The Balaban J connectivity index is 1.82. The number of aryl methyl sites for hydroxylation is 2. The SMILES string of the molecule is COCCN(Cc1cc2cc(C)cc(C)c2[nH]c1=O)C(=O)NC1CCCCC1. The lowest BCUT2D eigenvalue weighted by atomic mass is 9.96. The molecule has 1 fully saturated rings. The van der Waals surface area contributed by atoms with Crippen molar-refractivity contribution >= 4 is 16.9 Å². The smallest absolute Gasteiger partial charge is 0.317 e. The van der Waals surface area contributed by atoms with E-state index in [4.69, 9.17) is 4.74 Å². The van der Waals surface area contributed by atoms with Crippen molar-refractivity contribution in [1.29, 1.82) is 0 Å². The molecule has 3 rings (SSSR count). The number of aromatic amines is 1. The summed E-state index contributed by atoms with van der Waals surface area (Å²) in [5, 5.41) is 4.13. The van der Waals surface area contributed by atoms with Gasteiger partial charge < -0.3 is 19.9 Å². The zero-order valence-corrected chi connectivity index (χ0v) is 17.1. The molecule has 152 valence electrons. The summed E-state index contributed by atoms with van der Waals surface area (Å²) in [6.07, 6.45) is 5.61. The van der Waals surface area contributed by atoms with Gasteiger partial charge in [0.05, 0.1) is 18.7 Å². The van der Waals surface area contributed by atoms with Crippen LogP contribution in [0.25, 0.3) is 10.9 Å². The van der Waals surface area contributed by atoms with E-state index < -0.39 is 0 Å². The summed E-state index contributed by atoms with van der Waals surface area (Å²) in [6.45, 7) is 5.18. The van der Waals surface area contributed by atoms with E-state index in [1.54, 1.807) is 12.0 Å². The number of carbonyl (C=O) groups excluding carboxylic acids is 1. The lowest BCUT2D eigenvalue weighted by Gasteiger charge is -2.28. The molecule has 0 saturated heterocycles. The first-order chi connectivity index (χ1) is 13.5. The molecule has 0 aliphatic heterocycles. The third-order valence-corrected chi connectivity index (χ3v) is 5.52. The summed E-state index contributed by atoms with van der Waals surface area (Å²) in [5.74, 6) is 0. The molecule has 0 bridgehead atoms. The highest BCUT2D eigenvalue weighted by Gasteiger charge is 2.21. The Morgan fingerprint density at radius 3 is 2.68 bits per heavy atom. The van der Waals surface area contributed by atoms with Gasteiger partial charge in [0.2, 0.25) is 0 Å². The van der Waals surface area contributed by atoms with E-state index in [-0.39, 0.29) is 24.2 Å². The lowest BCUT2D eigenvalue weighted by molar-refractivity contribution is 0.143. The van der Waals surface area contributed by atoms with Crippen LogP contribution in [0.5, 0.6) is 0 Å². The second-order valence-corrected chi connectivity index (χ2v) is 7.87. The third-order valence-electron chi connectivity index (χ3n) is 5.52. The van der Waals surface area contributed by atoms with Crippen molar-refractivity contribution in [3.05, 3.63) is 45.2 Å². The highest BCUT2D eigenvalue weighted by molar-refractivity contribution is 5.83. The van der Waals surface area contributed by atoms with Crippen LogP contribution in [0.2, 0.25) is 0 Å².